The molecule has 0 aromatic heterocycles. The second kappa shape index (κ2) is 11.8. The number of ether oxygens (including phenoxy) is 1. The summed E-state index contributed by atoms with van der Waals surface area (Å²) in [5, 5.41) is 6.61. The first-order valence-electron chi connectivity index (χ1n) is 9.89. The van der Waals surface area contributed by atoms with Gasteiger partial charge in [-0.15, -0.1) is 0 Å². The number of benzene rings is 1. The molecule has 2 N–H and O–H groups in total. The Labute approximate surface area is 162 Å². The molecule has 1 aromatic rings. The molecule has 1 unspecified atom stereocenters. The Hall–Kier alpha value is -1.86. The maximum Gasteiger partial charge on any atom is 0.191 e. The van der Waals surface area contributed by atoms with Crippen molar-refractivity contribution in [1.82, 2.24) is 15.5 Å². The van der Waals surface area contributed by atoms with Crippen LogP contribution in [0.4, 0.5) is 10.1 Å². The second-order valence-corrected chi connectivity index (χ2v) is 6.90. The van der Waals surface area contributed by atoms with E-state index in [1.165, 1.54) is 6.07 Å². The van der Waals surface area contributed by atoms with Gasteiger partial charge in [-0.25, -0.2) is 4.39 Å². The zero-order valence-corrected chi connectivity index (χ0v) is 16.9. The van der Waals surface area contributed by atoms with Crippen molar-refractivity contribution >= 4 is 11.6 Å². The predicted molar refractivity (Wildman–Crippen MR) is 110 cm³/mol. The fourth-order valence-corrected chi connectivity index (χ4v) is 3.25. The molecule has 6 nitrogen and oxygen atoms in total. The van der Waals surface area contributed by atoms with Crippen molar-refractivity contribution in [2.45, 2.75) is 26.3 Å². The Balaban J connectivity index is 1.70. The zero-order valence-electron chi connectivity index (χ0n) is 16.9. The highest BCUT2D eigenvalue weighted by molar-refractivity contribution is 5.80. The molecule has 1 aliphatic heterocycles. The number of halogens is 1. The summed E-state index contributed by atoms with van der Waals surface area (Å²) in [5.74, 6) is 0.706. The normalized spacial score (nSPS) is 17.0. The Bertz CT molecular complexity index is 575. The quantitative estimate of drug-likeness (QED) is 0.390. The molecule has 1 heterocycles. The minimum absolute atomic E-state index is 0.133. The van der Waals surface area contributed by atoms with Gasteiger partial charge in [-0.3, -0.25) is 9.89 Å². The van der Waals surface area contributed by atoms with E-state index in [4.69, 9.17) is 4.74 Å². The molecule has 0 amide bonds. The van der Waals surface area contributed by atoms with Crippen molar-refractivity contribution in [1.29, 1.82) is 0 Å². The smallest absolute Gasteiger partial charge is 0.191 e. The molecule has 0 radical (unpaired) electrons. The number of anilines is 1. The van der Waals surface area contributed by atoms with E-state index in [0.29, 0.717) is 12.3 Å². The number of guanidine groups is 1. The van der Waals surface area contributed by atoms with Crippen LogP contribution in [0.5, 0.6) is 0 Å². The van der Waals surface area contributed by atoms with Crippen molar-refractivity contribution in [3.05, 3.63) is 30.1 Å². The van der Waals surface area contributed by atoms with Crippen LogP contribution >= 0.6 is 0 Å². The minimum Gasteiger partial charge on any atom is -0.383 e. The highest BCUT2D eigenvalue weighted by Gasteiger charge is 2.18. The van der Waals surface area contributed by atoms with Crippen molar-refractivity contribution in [3.8, 4) is 0 Å². The lowest BCUT2D eigenvalue weighted by atomic mass is 10.2. The van der Waals surface area contributed by atoms with Crippen LogP contribution in [0, 0.1) is 5.82 Å². The Morgan fingerprint density at radius 1 is 1.26 bits per heavy atom. The van der Waals surface area contributed by atoms with Crippen LogP contribution in [-0.2, 0) is 4.74 Å². The lowest BCUT2D eigenvalue weighted by Gasteiger charge is -2.36. The fraction of sp³-hybridized carbons (Fsp3) is 0.650. The lowest BCUT2D eigenvalue weighted by Crippen LogP contribution is -2.47. The van der Waals surface area contributed by atoms with E-state index in [1.807, 2.05) is 12.1 Å². The van der Waals surface area contributed by atoms with Crippen LogP contribution in [-0.4, -0.2) is 76.4 Å². The fourth-order valence-electron chi connectivity index (χ4n) is 3.25. The van der Waals surface area contributed by atoms with E-state index in [-0.39, 0.29) is 11.9 Å². The number of hydrogen-bond acceptors (Lipinski definition) is 4. The number of piperazine rings is 1. The minimum atomic E-state index is -0.133. The lowest BCUT2D eigenvalue weighted by molar-refractivity contribution is 0.179. The first kappa shape index (κ1) is 21.4. The number of para-hydroxylation sites is 1. The molecule has 0 bridgehead atoms. The van der Waals surface area contributed by atoms with Crippen molar-refractivity contribution < 1.29 is 9.13 Å². The first-order chi connectivity index (χ1) is 13.1. The van der Waals surface area contributed by atoms with Crippen LogP contribution in [0.25, 0.3) is 0 Å². The summed E-state index contributed by atoms with van der Waals surface area (Å²) in [6, 6.07) is 7.25. The monoisotopic (exact) mass is 379 g/mol. The number of methoxy groups -OCH3 is 1. The molecule has 0 saturated carbocycles. The van der Waals surface area contributed by atoms with Crippen LogP contribution < -0.4 is 15.5 Å². The van der Waals surface area contributed by atoms with Crippen molar-refractivity contribution in [2.24, 2.45) is 4.99 Å². The van der Waals surface area contributed by atoms with E-state index in [9.17, 15) is 4.39 Å². The average Bonchev–Trinajstić information content (AvgIpc) is 2.66. The molecule has 27 heavy (non-hydrogen) atoms. The molecular weight excluding hydrogens is 345 g/mol. The third-order valence-corrected chi connectivity index (χ3v) is 4.61. The van der Waals surface area contributed by atoms with Gasteiger partial charge in [0.15, 0.2) is 5.96 Å². The van der Waals surface area contributed by atoms with Crippen molar-refractivity contribution in [2.75, 3.05) is 64.4 Å². The van der Waals surface area contributed by atoms with Crippen LogP contribution in [0.1, 0.15) is 20.3 Å². The van der Waals surface area contributed by atoms with Gasteiger partial charge in [-0.05, 0) is 32.4 Å². The summed E-state index contributed by atoms with van der Waals surface area (Å²) in [6.07, 6.45) is 1.01. The maximum absolute atomic E-state index is 13.9. The van der Waals surface area contributed by atoms with E-state index >= 15 is 0 Å². The number of hydrogen-bond donors (Lipinski definition) is 2. The summed E-state index contributed by atoms with van der Waals surface area (Å²) in [4.78, 5) is 9.21. The average molecular weight is 380 g/mol. The third-order valence-electron chi connectivity index (χ3n) is 4.61. The van der Waals surface area contributed by atoms with Crippen LogP contribution in [0.3, 0.4) is 0 Å². The first-order valence-corrected chi connectivity index (χ1v) is 9.89. The van der Waals surface area contributed by atoms with E-state index in [0.717, 1.165) is 58.2 Å². The number of rotatable bonds is 9. The largest absolute Gasteiger partial charge is 0.383 e. The molecule has 1 atom stereocenters. The molecule has 1 aliphatic rings. The molecule has 2 rings (SSSR count). The second-order valence-electron chi connectivity index (χ2n) is 6.90. The van der Waals surface area contributed by atoms with Gasteiger partial charge in [-0.2, -0.15) is 0 Å². The molecular formula is C20H34FN5O. The van der Waals surface area contributed by atoms with Gasteiger partial charge < -0.3 is 20.3 Å². The van der Waals surface area contributed by atoms with E-state index < -0.39 is 0 Å². The summed E-state index contributed by atoms with van der Waals surface area (Å²) < 4.78 is 19.1. The molecule has 0 spiro atoms. The summed E-state index contributed by atoms with van der Waals surface area (Å²) >= 11 is 0. The molecule has 7 heteroatoms. The number of aliphatic imine (C=N–C) groups is 1. The highest BCUT2D eigenvalue weighted by atomic mass is 19.1. The molecule has 1 saturated heterocycles. The van der Waals surface area contributed by atoms with Gasteiger partial charge in [0, 0.05) is 59.0 Å². The molecule has 1 fully saturated rings. The molecule has 1 aromatic carbocycles. The topological polar surface area (TPSA) is 52.1 Å². The van der Waals surface area contributed by atoms with Crippen LogP contribution in [0.2, 0.25) is 0 Å². The number of nitrogens with one attached hydrogen (secondary N) is 2. The molecule has 152 valence electrons. The van der Waals surface area contributed by atoms with E-state index in [2.05, 4.69) is 39.3 Å². The van der Waals surface area contributed by atoms with Gasteiger partial charge in [0.05, 0.1) is 12.3 Å². The SMILES string of the molecule is CCNC(=NCCCN1CCN(c2ccccc2F)CC1)NC(C)COC. The van der Waals surface area contributed by atoms with Crippen LogP contribution in [0.15, 0.2) is 29.3 Å². The van der Waals surface area contributed by atoms with E-state index in [1.54, 1.807) is 13.2 Å². The van der Waals surface area contributed by atoms with Gasteiger partial charge in [0.2, 0.25) is 0 Å². The summed E-state index contributed by atoms with van der Waals surface area (Å²) in [6.45, 7) is 11.1. The third kappa shape index (κ3) is 7.34. The number of nitrogens with zero attached hydrogens (tertiary/aromatic N) is 3. The van der Waals surface area contributed by atoms with Gasteiger partial charge in [0.25, 0.3) is 0 Å². The zero-order chi connectivity index (χ0) is 19.5. The molecule has 0 aliphatic carbocycles. The van der Waals surface area contributed by atoms with Gasteiger partial charge in [-0.1, -0.05) is 12.1 Å². The van der Waals surface area contributed by atoms with Gasteiger partial charge in [0.1, 0.15) is 5.82 Å². The summed E-state index contributed by atoms with van der Waals surface area (Å²) in [7, 11) is 1.70. The Kier molecular flexibility index (Phi) is 9.35. The van der Waals surface area contributed by atoms with Gasteiger partial charge >= 0.3 is 0 Å². The standard InChI is InChI=1S/C20H34FN5O/c1-4-22-20(24-17(2)16-27-3)23-10-7-11-25-12-14-26(15-13-25)19-9-6-5-8-18(19)21/h5-6,8-9,17H,4,7,10-16H2,1-3H3,(H2,22,23,24). The summed E-state index contributed by atoms with van der Waals surface area (Å²) in [5.41, 5.74) is 0.716. The maximum atomic E-state index is 13.9. The highest BCUT2D eigenvalue weighted by Crippen LogP contribution is 2.20. The van der Waals surface area contributed by atoms with Crippen molar-refractivity contribution in [3.63, 3.8) is 0 Å². The Morgan fingerprint density at radius 2 is 2.00 bits per heavy atom. The Morgan fingerprint density at radius 3 is 2.67 bits per heavy atom. The predicted octanol–water partition coefficient (Wildman–Crippen LogP) is 1.93.